The van der Waals surface area contributed by atoms with Crippen molar-refractivity contribution in [1.29, 1.82) is 0 Å². The topological polar surface area (TPSA) is 54.4 Å². The van der Waals surface area contributed by atoms with E-state index in [1.807, 2.05) is 0 Å². The Morgan fingerprint density at radius 3 is 2.00 bits per heavy atom. The van der Waals surface area contributed by atoms with E-state index in [9.17, 15) is 9.36 Å². The van der Waals surface area contributed by atoms with Gasteiger partial charge in [0.25, 0.3) is 0 Å². The highest BCUT2D eigenvalue weighted by Gasteiger charge is 2.16. The third-order valence-corrected chi connectivity index (χ3v) is 4.04. The van der Waals surface area contributed by atoms with Gasteiger partial charge in [0.15, 0.2) is 5.78 Å². The second kappa shape index (κ2) is 5.89. The quantitative estimate of drug-likeness (QED) is 0.698. The molecule has 6 heteroatoms. The number of halogens is 2. The minimum atomic E-state index is -2.75. The molecule has 1 unspecified atom stereocenters. The minimum absolute atomic E-state index is 0.232. The molecule has 2 rings (SSSR count). The highest BCUT2D eigenvalue weighted by molar-refractivity contribution is 7.47. The molecule has 2 aromatic rings. The van der Waals surface area contributed by atoms with Crippen molar-refractivity contribution in [2.24, 2.45) is 0 Å². The zero-order chi connectivity index (χ0) is 14.0. The minimum Gasteiger partial charge on any atom is -0.343 e. The summed E-state index contributed by atoms with van der Waals surface area (Å²) in [5, 5.41) is 0.849. The molecule has 1 N–H and O–H groups in total. The molecule has 0 radical (unpaired) electrons. The summed E-state index contributed by atoms with van der Waals surface area (Å²) in [4.78, 5) is 21.2. The van der Waals surface area contributed by atoms with Crippen LogP contribution in [0.3, 0.4) is 0 Å². The summed E-state index contributed by atoms with van der Waals surface area (Å²) in [6.07, 6.45) is 0. The molecule has 0 heterocycles. The molecule has 0 aliphatic carbocycles. The molecule has 19 heavy (non-hydrogen) atoms. The average Bonchev–Trinajstić information content (AvgIpc) is 2.38. The maximum Gasteiger partial charge on any atom is 0.218 e. The lowest BCUT2D eigenvalue weighted by molar-refractivity contribution is 0.103. The summed E-state index contributed by atoms with van der Waals surface area (Å²) in [7, 11) is -2.75. The van der Waals surface area contributed by atoms with E-state index in [0.29, 0.717) is 10.9 Å². The van der Waals surface area contributed by atoms with Gasteiger partial charge in [-0.2, -0.15) is 0 Å². The largest absolute Gasteiger partial charge is 0.343 e. The van der Waals surface area contributed by atoms with E-state index in [2.05, 4.69) is 0 Å². The molecule has 0 spiro atoms. The van der Waals surface area contributed by atoms with Crippen LogP contribution in [-0.2, 0) is 4.57 Å². The van der Waals surface area contributed by atoms with E-state index in [0.717, 1.165) is 0 Å². The van der Waals surface area contributed by atoms with E-state index in [1.165, 1.54) is 24.3 Å². The normalized spacial score (nSPS) is 12.2. The van der Waals surface area contributed by atoms with E-state index >= 15 is 0 Å². The zero-order valence-corrected chi connectivity index (χ0v) is 12.1. The highest BCUT2D eigenvalue weighted by atomic mass is 35.5. The molecule has 0 saturated heterocycles. The molecule has 0 bridgehead atoms. The predicted octanol–water partition coefficient (Wildman–Crippen LogP) is 3.32. The lowest BCUT2D eigenvalue weighted by Gasteiger charge is -2.06. The fraction of sp³-hybridized carbons (Fsp3) is 0. The van der Waals surface area contributed by atoms with Gasteiger partial charge in [-0.3, -0.25) is 9.36 Å². The molecule has 0 fully saturated rings. The van der Waals surface area contributed by atoms with Crippen molar-refractivity contribution in [3.8, 4) is 0 Å². The molecule has 98 valence electrons. The Morgan fingerprint density at radius 1 is 1.00 bits per heavy atom. The second-order valence-electron chi connectivity index (χ2n) is 3.81. The second-order valence-corrected chi connectivity index (χ2v) is 5.81. The summed E-state index contributed by atoms with van der Waals surface area (Å²) in [6.45, 7) is 0. The van der Waals surface area contributed by atoms with Crippen LogP contribution in [0.1, 0.15) is 15.9 Å². The molecule has 0 amide bonds. The Morgan fingerprint density at radius 2 is 1.53 bits per heavy atom. The monoisotopic (exact) mass is 314 g/mol. The van der Waals surface area contributed by atoms with E-state index in [4.69, 9.17) is 28.1 Å². The van der Waals surface area contributed by atoms with Crippen LogP contribution in [0.2, 0.25) is 10.0 Å². The third-order valence-electron chi connectivity index (χ3n) is 2.58. The Bertz CT molecular complexity index is 633. The van der Waals surface area contributed by atoms with Gasteiger partial charge in [-0.25, -0.2) is 0 Å². The van der Waals surface area contributed by atoms with Crippen molar-refractivity contribution < 1.29 is 14.3 Å². The number of ketones is 1. The van der Waals surface area contributed by atoms with E-state index in [1.54, 1.807) is 18.2 Å². The van der Waals surface area contributed by atoms with Crippen LogP contribution in [0.5, 0.6) is 0 Å². The molecule has 0 aliphatic rings. The summed E-state index contributed by atoms with van der Waals surface area (Å²) in [6, 6.07) is 10.7. The third kappa shape index (κ3) is 3.07. The molecular formula is C13H9Cl2O3P. The lowest BCUT2D eigenvalue weighted by Crippen LogP contribution is -2.05. The molecule has 0 aliphatic heterocycles. The molecule has 0 saturated carbocycles. The molecular weight excluding hydrogens is 306 g/mol. The number of hydrogen-bond donors (Lipinski definition) is 1. The fourth-order valence-corrected chi connectivity index (χ4v) is 2.64. The fourth-order valence-electron chi connectivity index (χ4n) is 1.62. The van der Waals surface area contributed by atoms with Gasteiger partial charge in [-0.15, -0.1) is 0 Å². The number of benzene rings is 2. The summed E-state index contributed by atoms with van der Waals surface area (Å²) >= 11 is 11.9. The maximum absolute atomic E-state index is 12.3. The first-order valence-electron chi connectivity index (χ1n) is 5.33. The van der Waals surface area contributed by atoms with Crippen molar-refractivity contribution in [1.82, 2.24) is 0 Å². The zero-order valence-electron chi connectivity index (χ0n) is 9.56. The number of carbonyl (C=O) groups is 1. The Balaban J connectivity index is 2.42. The van der Waals surface area contributed by atoms with Gasteiger partial charge >= 0.3 is 0 Å². The first-order valence-corrected chi connectivity index (χ1v) is 7.44. The van der Waals surface area contributed by atoms with E-state index < -0.39 is 8.03 Å². The van der Waals surface area contributed by atoms with Crippen LogP contribution in [0, 0.1) is 0 Å². The van der Waals surface area contributed by atoms with Crippen LogP contribution >= 0.6 is 31.2 Å². The van der Waals surface area contributed by atoms with Crippen molar-refractivity contribution in [2.75, 3.05) is 0 Å². The Kier molecular flexibility index (Phi) is 4.43. The average molecular weight is 315 g/mol. The lowest BCUT2D eigenvalue weighted by atomic mass is 10.0. The van der Waals surface area contributed by atoms with Gasteiger partial charge in [-0.05, 0) is 24.3 Å². The van der Waals surface area contributed by atoms with Crippen LogP contribution in [-0.4, -0.2) is 10.7 Å². The Labute approximate surface area is 120 Å². The Hall–Kier alpha value is -1.12. The smallest absolute Gasteiger partial charge is 0.218 e. The van der Waals surface area contributed by atoms with Crippen molar-refractivity contribution >= 4 is 42.3 Å². The number of carbonyl (C=O) groups excluding carboxylic acids is 1. The molecule has 3 nitrogen and oxygen atoms in total. The maximum atomic E-state index is 12.3. The van der Waals surface area contributed by atoms with Gasteiger partial charge in [0.1, 0.15) is 0 Å². The standard InChI is InChI=1S/C13H9Cl2O3P/c14-10-2-1-3-11(15)12(10)13(16)8-4-6-9(7-5-8)19(17)18/h1-7,19H,(H,17,18). The van der Waals surface area contributed by atoms with Crippen LogP contribution in [0.15, 0.2) is 42.5 Å². The first-order chi connectivity index (χ1) is 9.00. The van der Waals surface area contributed by atoms with Crippen molar-refractivity contribution in [3.05, 3.63) is 63.6 Å². The number of rotatable bonds is 3. The van der Waals surface area contributed by atoms with Crippen molar-refractivity contribution in [2.45, 2.75) is 0 Å². The predicted molar refractivity (Wildman–Crippen MR) is 77.2 cm³/mol. The van der Waals surface area contributed by atoms with Gasteiger partial charge < -0.3 is 4.89 Å². The molecule has 0 aromatic heterocycles. The van der Waals surface area contributed by atoms with Crippen molar-refractivity contribution in [3.63, 3.8) is 0 Å². The summed E-state index contributed by atoms with van der Waals surface area (Å²) in [5.74, 6) is -0.320. The van der Waals surface area contributed by atoms with Crippen LogP contribution < -0.4 is 5.30 Å². The van der Waals surface area contributed by atoms with Gasteiger partial charge in [-0.1, -0.05) is 41.4 Å². The summed E-state index contributed by atoms with van der Waals surface area (Å²) in [5.41, 5.74) is 0.595. The highest BCUT2D eigenvalue weighted by Crippen LogP contribution is 2.27. The van der Waals surface area contributed by atoms with Gasteiger partial charge in [0, 0.05) is 10.9 Å². The van der Waals surface area contributed by atoms with E-state index in [-0.39, 0.29) is 21.4 Å². The van der Waals surface area contributed by atoms with Gasteiger partial charge in [0.2, 0.25) is 8.03 Å². The van der Waals surface area contributed by atoms with Crippen LogP contribution in [0.25, 0.3) is 0 Å². The van der Waals surface area contributed by atoms with Gasteiger partial charge in [0.05, 0.1) is 15.6 Å². The van der Waals surface area contributed by atoms with Crippen LogP contribution in [0.4, 0.5) is 0 Å². The molecule has 2 aromatic carbocycles. The number of hydrogen-bond acceptors (Lipinski definition) is 2. The SMILES string of the molecule is O=C(c1ccc([PH](=O)O)cc1)c1c(Cl)cccc1Cl. The first kappa shape index (κ1) is 14.3. The molecule has 1 atom stereocenters. The summed E-state index contributed by atoms with van der Waals surface area (Å²) < 4.78 is 10.9.